The maximum Gasteiger partial charge on any atom is 0.416 e. The fraction of sp³-hybridized carbons (Fsp3) is 0.385. The van der Waals surface area contributed by atoms with Gasteiger partial charge in [0.25, 0.3) is 0 Å². The zero-order valence-corrected chi connectivity index (χ0v) is 12.0. The van der Waals surface area contributed by atoms with E-state index in [1.165, 1.54) is 24.3 Å². The first kappa shape index (κ1) is 16.8. The van der Waals surface area contributed by atoms with Gasteiger partial charge >= 0.3 is 6.18 Å². The molecule has 0 radical (unpaired) electrons. The quantitative estimate of drug-likeness (QED) is 0.519. The van der Waals surface area contributed by atoms with Gasteiger partial charge in [0, 0.05) is 4.91 Å². The lowest BCUT2D eigenvalue weighted by Gasteiger charge is -2.32. The van der Waals surface area contributed by atoms with Crippen LogP contribution in [0.15, 0.2) is 42.0 Å². The van der Waals surface area contributed by atoms with Gasteiger partial charge in [0.1, 0.15) is 18.3 Å². The molecule has 0 spiro atoms. The predicted molar refractivity (Wildman–Crippen MR) is 74.0 cm³/mol. The van der Waals surface area contributed by atoms with E-state index < -0.39 is 23.4 Å². The largest absolute Gasteiger partial charge is 0.416 e. The van der Waals surface area contributed by atoms with E-state index in [9.17, 15) is 18.3 Å². The second kappa shape index (κ2) is 6.27. The number of alkyl halides is 3. The molecule has 0 aliphatic heterocycles. The molecule has 0 fully saturated rings. The highest BCUT2D eigenvalue weighted by Crippen LogP contribution is 2.33. The molecule has 1 aromatic heterocycles. The van der Waals surface area contributed by atoms with Crippen LogP contribution in [0.3, 0.4) is 0 Å². The van der Waals surface area contributed by atoms with Crippen molar-refractivity contribution in [2.45, 2.75) is 31.3 Å². The second-order valence-corrected chi connectivity index (χ2v) is 4.97. The molecule has 7 nitrogen and oxygen atoms in total. The molecule has 23 heavy (non-hydrogen) atoms. The van der Waals surface area contributed by atoms with Crippen LogP contribution in [0.5, 0.6) is 0 Å². The third kappa shape index (κ3) is 3.61. The van der Waals surface area contributed by atoms with Crippen molar-refractivity contribution in [1.82, 2.24) is 14.8 Å². The fourth-order valence-electron chi connectivity index (χ4n) is 2.15. The van der Waals surface area contributed by atoms with E-state index in [4.69, 9.17) is 5.53 Å². The maximum atomic E-state index is 12.6. The molecule has 1 heterocycles. The number of aliphatic hydroxyl groups is 1. The first-order chi connectivity index (χ1) is 10.8. The van der Waals surface area contributed by atoms with Crippen molar-refractivity contribution in [3.8, 4) is 0 Å². The van der Waals surface area contributed by atoms with Gasteiger partial charge in [-0.05, 0) is 23.2 Å². The Morgan fingerprint density at radius 2 is 1.91 bits per heavy atom. The molecule has 10 heteroatoms. The molecule has 1 aromatic carbocycles. The zero-order valence-electron chi connectivity index (χ0n) is 12.0. The first-order valence-corrected chi connectivity index (χ1v) is 6.54. The van der Waals surface area contributed by atoms with Crippen LogP contribution in [0.1, 0.15) is 18.1 Å². The fourth-order valence-corrected chi connectivity index (χ4v) is 2.15. The highest BCUT2D eigenvalue weighted by atomic mass is 19.4. The number of aromatic nitrogens is 3. The lowest BCUT2D eigenvalue weighted by molar-refractivity contribution is -0.137. The third-order valence-electron chi connectivity index (χ3n) is 3.50. The van der Waals surface area contributed by atoms with Crippen LogP contribution in [0.25, 0.3) is 10.4 Å². The Labute approximate surface area is 129 Å². The van der Waals surface area contributed by atoms with E-state index in [1.807, 2.05) is 0 Å². The molecule has 2 rings (SSSR count). The van der Waals surface area contributed by atoms with Gasteiger partial charge in [-0.25, -0.2) is 9.67 Å². The van der Waals surface area contributed by atoms with E-state index in [0.29, 0.717) is 0 Å². The molecule has 0 unspecified atom stereocenters. The van der Waals surface area contributed by atoms with Crippen molar-refractivity contribution < 1.29 is 18.3 Å². The topological polar surface area (TPSA) is 99.7 Å². The van der Waals surface area contributed by atoms with Crippen molar-refractivity contribution in [3.63, 3.8) is 0 Å². The van der Waals surface area contributed by atoms with Crippen LogP contribution in [0, 0.1) is 0 Å². The third-order valence-corrected chi connectivity index (χ3v) is 3.50. The van der Waals surface area contributed by atoms with Gasteiger partial charge in [0.05, 0.1) is 18.2 Å². The Hall–Kier alpha value is -2.58. The van der Waals surface area contributed by atoms with Crippen LogP contribution in [-0.2, 0) is 18.3 Å². The van der Waals surface area contributed by atoms with Gasteiger partial charge in [-0.1, -0.05) is 24.2 Å². The molecule has 0 aliphatic rings. The lowest BCUT2D eigenvalue weighted by atomic mass is 9.87. The summed E-state index contributed by atoms with van der Waals surface area (Å²) in [7, 11) is 0. The monoisotopic (exact) mass is 326 g/mol. The second-order valence-electron chi connectivity index (χ2n) is 4.97. The van der Waals surface area contributed by atoms with Gasteiger partial charge < -0.3 is 5.11 Å². The number of azide groups is 1. The van der Waals surface area contributed by atoms with Gasteiger partial charge in [-0.3, -0.25) is 0 Å². The maximum absolute atomic E-state index is 12.6. The minimum absolute atomic E-state index is 0.126. The van der Waals surface area contributed by atoms with E-state index in [-0.39, 0.29) is 12.1 Å². The summed E-state index contributed by atoms with van der Waals surface area (Å²) in [5, 5.41) is 18.2. The number of halogens is 3. The predicted octanol–water partition coefficient (Wildman–Crippen LogP) is 2.88. The van der Waals surface area contributed by atoms with Gasteiger partial charge in [-0.2, -0.15) is 18.3 Å². The summed E-state index contributed by atoms with van der Waals surface area (Å²) in [6, 6.07) is 3.11. The highest BCUT2D eigenvalue weighted by Gasteiger charge is 2.37. The number of nitrogens with zero attached hydrogens (tertiary/aromatic N) is 6. The van der Waals surface area contributed by atoms with E-state index in [2.05, 4.69) is 20.1 Å². The van der Waals surface area contributed by atoms with Crippen molar-refractivity contribution >= 4 is 0 Å². The Bertz CT molecular complexity index is 693. The average Bonchev–Trinajstić information content (AvgIpc) is 2.99. The Balaban J connectivity index is 2.42. The molecule has 0 amide bonds. The van der Waals surface area contributed by atoms with Crippen molar-refractivity contribution in [3.05, 3.63) is 58.5 Å². The molecule has 2 atom stereocenters. The summed E-state index contributed by atoms with van der Waals surface area (Å²) >= 11 is 0. The summed E-state index contributed by atoms with van der Waals surface area (Å²) in [6.45, 7) is 1.34. The Morgan fingerprint density at radius 3 is 2.39 bits per heavy atom. The minimum atomic E-state index is -4.47. The van der Waals surface area contributed by atoms with Crippen molar-refractivity contribution in [2.24, 2.45) is 5.11 Å². The first-order valence-electron chi connectivity index (χ1n) is 6.54. The molecular weight excluding hydrogens is 313 g/mol. The van der Waals surface area contributed by atoms with Crippen molar-refractivity contribution in [1.29, 1.82) is 0 Å². The number of hydrogen-bond acceptors (Lipinski definition) is 4. The van der Waals surface area contributed by atoms with Crippen molar-refractivity contribution in [2.75, 3.05) is 0 Å². The molecule has 122 valence electrons. The number of hydrogen-bond donors (Lipinski definition) is 1. The molecule has 0 bridgehead atoms. The summed E-state index contributed by atoms with van der Waals surface area (Å²) in [4.78, 5) is 6.39. The lowest BCUT2D eigenvalue weighted by Crippen LogP contribution is -2.41. The van der Waals surface area contributed by atoms with E-state index >= 15 is 0 Å². The van der Waals surface area contributed by atoms with Crippen LogP contribution in [-0.4, -0.2) is 25.9 Å². The zero-order chi connectivity index (χ0) is 17.1. The standard InChI is InChI=1S/C13H13F3N6O/c1-9(20-21-17)12(23,6-22-8-18-7-19-22)10-2-4-11(5-3-10)13(14,15)16/h2-5,7-9,23H,6H2,1H3/t9-,12-/m1/s1. The van der Waals surface area contributed by atoms with Crippen LogP contribution in [0.4, 0.5) is 13.2 Å². The summed E-state index contributed by atoms with van der Waals surface area (Å²) in [6.07, 6.45) is -1.87. The average molecular weight is 326 g/mol. The summed E-state index contributed by atoms with van der Waals surface area (Å²) in [5.74, 6) is 0. The molecule has 0 aliphatic carbocycles. The van der Waals surface area contributed by atoms with Gasteiger partial charge in [-0.15, -0.1) is 0 Å². The minimum Gasteiger partial charge on any atom is -0.383 e. The Morgan fingerprint density at radius 1 is 1.30 bits per heavy atom. The normalized spacial score (nSPS) is 15.5. The van der Waals surface area contributed by atoms with Gasteiger partial charge in [0.2, 0.25) is 0 Å². The Kier molecular flexibility index (Phi) is 4.57. The molecule has 1 N–H and O–H groups in total. The van der Waals surface area contributed by atoms with Gasteiger partial charge in [0.15, 0.2) is 0 Å². The molecular formula is C13H13F3N6O. The van der Waals surface area contributed by atoms with E-state index in [1.54, 1.807) is 0 Å². The summed E-state index contributed by atoms with van der Waals surface area (Å²) < 4.78 is 39.3. The highest BCUT2D eigenvalue weighted by molar-refractivity contribution is 5.30. The molecule has 0 saturated carbocycles. The van der Waals surface area contributed by atoms with E-state index in [0.717, 1.165) is 24.3 Å². The van der Waals surface area contributed by atoms with Crippen LogP contribution < -0.4 is 0 Å². The SMILES string of the molecule is C[C@@H](N=[N+]=[N-])[C@](O)(Cn1cncn1)c1ccc(C(F)(F)F)cc1. The molecule has 2 aromatic rings. The van der Waals surface area contributed by atoms with Crippen LogP contribution >= 0.6 is 0 Å². The van der Waals surface area contributed by atoms with Crippen LogP contribution in [0.2, 0.25) is 0 Å². The summed E-state index contributed by atoms with van der Waals surface area (Å²) in [5.41, 5.74) is 6.20. The smallest absolute Gasteiger partial charge is 0.383 e. The number of benzene rings is 1. The number of rotatable bonds is 5. The molecule has 0 saturated heterocycles.